The maximum Gasteiger partial charge on any atom is 0.233 e. The maximum absolute atomic E-state index is 11.4. The first-order chi connectivity index (χ1) is 11.7. The van der Waals surface area contributed by atoms with Crippen LogP contribution in [0, 0.1) is 0 Å². The van der Waals surface area contributed by atoms with Crippen molar-refractivity contribution < 1.29 is 4.79 Å². The number of aromatic nitrogens is 2. The molecular weight excluding hydrogens is 322 g/mol. The van der Waals surface area contributed by atoms with Crippen LogP contribution in [0.5, 0.6) is 0 Å². The summed E-state index contributed by atoms with van der Waals surface area (Å²) in [5.41, 5.74) is 1.99. The van der Waals surface area contributed by atoms with Crippen molar-refractivity contribution in [3.63, 3.8) is 0 Å². The third-order valence-corrected chi connectivity index (χ3v) is 5.15. The fraction of sp³-hybridized carbons (Fsp3) is 0.471. The second kappa shape index (κ2) is 8.32. The van der Waals surface area contributed by atoms with Gasteiger partial charge in [-0.15, -0.1) is 11.3 Å². The van der Waals surface area contributed by atoms with Gasteiger partial charge in [-0.1, -0.05) is 6.07 Å². The average Bonchev–Trinajstić information content (AvgIpc) is 3.11. The Morgan fingerprint density at radius 2 is 2.21 bits per heavy atom. The molecule has 3 heterocycles. The minimum Gasteiger partial charge on any atom is -0.358 e. The molecule has 3 rings (SSSR count). The number of hydrogen-bond donors (Lipinski definition) is 2. The lowest BCUT2D eigenvalue weighted by Gasteiger charge is -2.31. The molecule has 2 N–H and O–H groups in total. The van der Waals surface area contributed by atoms with E-state index in [0.29, 0.717) is 12.6 Å². The number of likely N-dealkylation sites (N-methyl/N-ethyl adjacent to an activating group) is 1. The molecule has 1 amide bonds. The molecule has 0 saturated carbocycles. The van der Waals surface area contributed by atoms with Gasteiger partial charge in [-0.3, -0.25) is 14.7 Å². The van der Waals surface area contributed by atoms with Gasteiger partial charge in [-0.05, 0) is 25.0 Å². The summed E-state index contributed by atoms with van der Waals surface area (Å²) in [4.78, 5) is 22.6. The van der Waals surface area contributed by atoms with E-state index in [0.717, 1.165) is 48.9 Å². The molecule has 0 atom stereocenters. The molecule has 7 heteroatoms. The van der Waals surface area contributed by atoms with Gasteiger partial charge in [0, 0.05) is 44.3 Å². The van der Waals surface area contributed by atoms with Crippen LogP contribution < -0.4 is 10.6 Å². The molecule has 0 aromatic carbocycles. The summed E-state index contributed by atoms with van der Waals surface area (Å²) >= 11 is 1.63. The van der Waals surface area contributed by atoms with E-state index in [4.69, 9.17) is 0 Å². The van der Waals surface area contributed by atoms with E-state index < -0.39 is 0 Å². The van der Waals surface area contributed by atoms with E-state index in [1.165, 1.54) is 0 Å². The van der Waals surface area contributed by atoms with Crippen molar-refractivity contribution >= 4 is 17.2 Å². The lowest BCUT2D eigenvalue weighted by atomic mass is 10.1. The molecule has 1 aliphatic rings. The Kier molecular flexibility index (Phi) is 5.90. The van der Waals surface area contributed by atoms with E-state index in [1.807, 2.05) is 18.2 Å². The highest BCUT2D eigenvalue weighted by Gasteiger charge is 2.20. The Balaban J connectivity index is 1.44. The molecule has 2 aromatic rings. The first-order valence-electron chi connectivity index (χ1n) is 8.26. The van der Waals surface area contributed by atoms with E-state index in [1.54, 1.807) is 24.6 Å². The number of thiazole rings is 1. The highest BCUT2D eigenvalue weighted by molar-refractivity contribution is 7.13. The van der Waals surface area contributed by atoms with Gasteiger partial charge in [-0.2, -0.15) is 0 Å². The number of nitrogens with zero attached hydrogens (tertiary/aromatic N) is 3. The quantitative estimate of drug-likeness (QED) is 0.830. The monoisotopic (exact) mass is 345 g/mol. The van der Waals surface area contributed by atoms with Gasteiger partial charge in [0.05, 0.1) is 17.9 Å². The minimum atomic E-state index is 0.0888. The molecule has 0 radical (unpaired) electrons. The van der Waals surface area contributed by atoms with Crippen LogP contribution in [0.15, 0.2) is 29.8 Å². The first-order valence-corrected chi connectivity index (χ1v) is 9.14. The van der Waals surface area contributed by atoms with Crippen LogP contribution >= 0.6 is 11.3 Å². The summed E-state index contributed by atoms with van der Waals surface area (Å²) in [6.45, 7) is 3.20. The molecule has 1 fully saturated rings. The van der Waals surface area contributed by atoms with Crippen molar-refractivity contribution in [3.05, 3.63) is 35.5 Å². The largest absolute Gasteiger partial charge is 0.358 e. The third-order valence-electron chi connectivity index (χ3n) is 4.24. The van der Waals surface area contributed by atoms with E-state index >= 15 is 0 Å². The van der Waals surface area contributed by atoms with Crippen LogP contribution in [0.25, 0.3) is 10.7 Å². The molecule has 0 bridgehead atoms. The summed E-state index contributed by atoms with van der Waals surface area (Å²) in [6.07, 6.45) is 3.92. The highest BCUT2D eigenvalue weighted by atomic mass is 32.1. The predicted octanol–water partition coefficient (Wildman–Crippen LogP) is 1.51. The van der Waals surface area contributed by atoms with Crippen LogP contribution in [-0.2, 0) is 11.3 Å². The molecular formula is C17H23N5OS. The zero-order valence-electron chi connectivity index (χ0n) is 13.9. The standard InChI is InChI=1S/C17H23N5OS/c1-18-16(23)11-22-8-5-13(6-9-22)20-10-14-12-24-17(21-14)15-4-2-3-7-19-15/h2-4,7,12-13,20H,5-6,8-11H2,1H3,(H,18,23). The lowest BCUT2D eigenvalue weighted by Crippen LogP contribution is -2.45. The van der Waals surface area contributed by atoms with Crippen molar-refractivity contribution in [3.8, 4) is 10.7 Å². The fourth-order valence-corrected chi connectivity index (χ4v) is 3.62. The van der Waals surface area contributed by atoms with Crippen LogP contribution in [0.3, 0.4) is 0 Å². The van der Waals surface area contributed by atoms with Gasteiger partial charge in [0.25, 0.3) is 0 Å². The lowest BCUT2D eigenvalue weighted by molar-refractivity contribution is -0.122. The zero-order chi connectivity index (χ0) is 16.8. The van der Waals surface area contributed by atoms with Gasteiger partial charge < -0.3 is 10.6 Å². The van der Waals surface area contributed by atoms with Gasteiger partial charge in [0.15, 0.2) is 0 Å². The summed E-state index contributed by atoms with van der Waals surface area (Å²) in [5, 5.41) is 9.33. The number of carbonyl (C=O) groups is 1. The smallest absolute Gasteiger partial charge is 0.233 e. The Bertz CT molecular complexity index is 652. The summed E-state index contributed by atoms with van der Waals surface area (Å²) in [5.74, 6) is 0.0888. The molecule has 24 heavy (non-hydrogen) atoms. The van der Waals surface area contributed by atoms with E-state index in [2.05, 4.69) is 30.9 Å². The average molecular weight is 345 g/mol. The zero-order valence-corrected chi connectivity index (χ0v) is 14.7. The van der Waals surface area contributed by atoms with Crippen molar-refractivity contribution in [1.82, 2.24) is 25.5 Å². The van der Waals surface area contributed by atoms with Crippen molar-refractivity contribution in [2.45, 2.75) is 25.4 Å². The number of nitrogens with one attached hydrogen (secondary N) is 2. The van der Waals surface area contributed by atoms with Gasteiger partial charge in [-0.25, -0.2) is 4.98 Å². The minimum absolute atomic E-state index is 0.0888. The molecule has 0 aliphatic carbocycles. The fourth-order valence-electron chi connectivity index (χ4n) is 2.82. The number of hydrogen-bond acceptors (Lipinski definition) is 6. The SMILES string of the molecule is CNC(=O)CN1CCC(NCc2csc(-c3ccccn3)n2)CC1. The van der Waals surface area contributed by atoms with Crippen LogP contribution in [0.2, 0.25) is 0 Å². The molecule has 1 saturated heterocycles. The number of rotatable bonds is 6. The molecule has 6 nitrogen and oxygen atoms in total. The summed E-state index contributed by atoms with van der Waals surface area (Å²) in [6, 6.07) is 6.37. The molecule has 0 spiro atoms. The van der Waals surface area contributed by atoms with Crippen LogP contribution in [0.4, 0.5) is 0 Å². The van der Waals surface area contributed by atoms with Gasteiger partial charge in [0.2, 0.25) is 5.91 Å². The molecule has 0 unspecified atom stereocenters. The summed E-state index contributed by atoms with van der Waals surface area (Å²) in [7, 11) is 1.68. The van der Waals surface area contributed by atoms with Crippen molar-refractivity contribution in [2.24, 2.45) is 0 Å². The Hall–Kier alpha value is -1.83. The van der Waals surface area contributed by atoms with Crippen LogP contribution in [-0.4, -0.2) is 53.5 Å². The highest BCUT2D eigenvalue weighted by Crippen LogP contribution is 2.21. The molecule has 1 aliphatic heterocycles. The van der Waals surface area contributed by atoms with E-state index in [-0.39, 0.29) is 5.91 Å². The third kappa shape index (κ3) is 4.59. The number of piperidine rings is 1. The number of carbonyl (C=O) groups excluding carboxylic acids is 1. The number of amides is 1. The predicted molar refractivity (Wildman–Crippen MR) is 95.7 cm³/mol. The Morgan fingerprint density at radius 3 is 2.92 bits per heavy atom. The number of pyridine rings is 1. The maximum atomic E-state index is 11.4. The normalized spacial score (nSPS) is 16.2. The van der Waals surface area contributed by atoms with Gasteiger partial charge in [0.1, 0.15) is 5.01 Å². The first kappa shape index (κ1) is 17.0. The molecule has 2 aromatic heterocycles. The topological polar surface area (TPSA) is 70.2 Å². The number of likely N-dealkylation sites (tertiary alicyclic amines) is 1. The van der Waals surface area contributed by atoms with E-state index in [9.17, 15) is 4.79 Å². The Morgan fingerprint density at radius 1 is 1.38 bits per heavy atom. The second-order valence-electron chi connectivity index (χ2n) is 5.96. The molecule has 128 valence electrons. The van der Waals surface area contributed by atoms with Crippen LogP contribution in [0.1, 0.15) is 18.5 Å². The summed E-state index contributed by atoms with van der Waals surface area (Å²) < 4.78 is 0. The Labute approximate surface area is 146 Å². The second-order valence-corrected chi connectivity index (χ2v) is 6.82. The van der Waals surface area contributed by atoms with Crippen molar-refractivity contribution in [1.29, 1.82) is 0 Å². The van der Waals surface area contributed by atoms with Gasteiger partial charge >= 0.3 is 0 Å². The van der Waals surface area contributed by atoms with Crippen molar-refractivity contribution in [2.75, 3.05) is 26.7 Å².